The van der Waals surface area contributed by atoms with E-state index < -0.39 is 6.47 Å². The van der Waals surface area contributed by atoms with Gasteiger partial charge in [0, 0.05) is 6.47 Å². The van der Waals surface area contributed by atoms with Gasteiger partial charge < -0.3 is 15.0 Å². The zero-order valence-corrected chi connectivity index (χ0v) is 10.1. The first-order chi connectivity index (χ1) is 2.83. The monoisotopic (exact) mass is 224 g/mol. The number of hydrogen-bond acceptors (Lipinski definition) is 3. The van der Waals surface area contributed by atoms with Crippen LogP contribution in [0.4, 0.5) is 0 Å². The molecule has 0 saturated carbocycles. The third-order valence-electron chi connectivity index (χ3n) is 0. The SMILES string of the molecule is O=CO.O=C[O-].[Cs+]. The average Bonchev–Trinajstić information content (AvgIpc) is 1.39. The van der Waals surface area contributed by atoms with Crippen LogP contribution in [0, 0.1) is 0 Å². The third kappa shape index (κ3) is 177. The molecule has 0 atom stereocenters. The smallest absolute Gasteiger partial charge is 0.554 e. The molecule has 0 rings (SSSR count). The van der Waals surface area contributed by atoms with E-state index in [0.29, 0.717) is 0 Å². The van der Waals surface area contributed by atoms with E-state index in [4.69, 9.17) is 19.8 Å². The van der Waals surface area contributed by atoms with E-state index in [2.05, 4.69) is 0 Å². The second-order valence-corrected chi connectivity index (χ2v) is 0.202. The Kier molecular flexibility index (Phi) is 62.8. The van der Waals surface area contributed by atoms with Gasteiger partial charge in [0.25, 0.3) is 6.47 Å². The molecule has 0 saturated heterocycles. The fourth-order valence-corrected chi connectivity index (χ4v) is 0. The molecule has 0 radical (unpaired) electrons. The average molecular weight is 224 g/mol. The van der Waals surface area contributed by atoms with Gasteiger partial charge in [0.1, 0.15) is 0 Å². The van der Waals surface area contributed by atoms with Crippen LogP contribution < -0.4 is 74.0 Å². The maximum atomic E-state index is 8.36. The Bertz CT molecular complexity index is 30.7. The largest absolute Gasteiger partial charge is 1.00 e. The molecule has 1 N–H and O–H groups in total. The molecule has 0 aliphatic carbocycles. The van der Waals surface area contributed by atoms with Crippen molar-refractivity contribution >= 4 is 12.9 Å². The van der Waals surface area contributed by atoms with Crippen molar-refractivity contribution in [3.8, 4) is 0 Å². The summed E-state index contributed by atoms with van der Waals surface area (Å²) < 4.78 is 0. The van der Waals surface area contributed by atoms with Gasteiger partial charge in [-0.1, -0.05) is 0 Å². The van der Waals surface area contributed by atoms with Gasteiger partial charge in [0.15, 0.2) is 0 Å². The zero-order chi connectivity index (χ0) is 5.41. The topological polar surface area (TPSA) is 77.4 Å². The fraction of sp³-hybridized carbons (Fsp3) is 0. The standard InChI is InChI=1S/2CH2O2.Cs/c2*2-1-3;/h2*1H,(H,2,3);/q;;+1/p-1. The first-order valence-corrected chi connectivity index (χ1v) is 0.965. The summed E-state index contributed by atoms with van der Waals surface area (Å²) in [4.78, 5) is 16.6. The van der Waals surface area contributed by atoms with E-state index in [1.165, 1.54) is 0 Å². The van der Waals surface area contributed by atoms with Crippen molar-refractivity contribution in [2.45, 2.75) is 0 Å². The van der Waals surface area contributed by atoms with Crippen LogP contribution in [0.25, 0.3) is 0 Å². The Morgan fingerprint density at radius 1 is 1.43 bits per heavy atom. The predicted octanol–water partition coefficient (Wildman–Crippen LogP) is -4.93. The molecule has 4 nitrogen and oxygen atoms in total. The Hall–Kier alpha value is 0.992. The van der Waals surface area contributed by atoms with Gasteiger partial charge in [0.2, 0.25) is 0 Å². The van der Waals surface area contributed by atoms with Crippen molar-refractivity contribution in [3.63, 3.8) is 0 Å². The van der Waals surface area contributed by atoms with Crippen LogP contribution in [0.1, 0.15) is 0 Å². The Balaban J connectivity index is -0.0000000400. The summed E-state index contributed by atoms with van der Waals surface area (Å²) in [5.74, 6) is 0. The summed E-state index contributed by atoms with van der Waals surface area (Å²) in [7, 11) is 0. The quantitative estimate of drug-likeness (QED) is 0.418. The van der Waals surface area contributed by atoms with Crippen molar-refractivity contribution in [3.05, 3.63) is 0 Å². The maximum Gasteiger partial charge on any atom is 1.00 e. The number of hydrogen-bond donors (Lipinski definition) is 1. The van der Waals surface area contributed by atoms with Crippen LogP contribution in [0.15, 0.2) is 0 Å². The summed E-state index contributed by atoms with van der Waals surface area (Å²) in [6.07, 6.45) is 0. The molecule has 0 bridgehead atoms. The van der Waals surface area contributed by atoms with E-state index in [0.717, 1.165) is 0 Å². The fourth-order valence-electron chi connectivity index (χ4n) is 0. The Labute approximate surface area is 99.3 Å². The molecule has 0 unspecified atom stereocenters. The summed E-state index contributed by atoms with van der Waals surface area (Å²) in [6.45, 7) is -0.750. The summed E-state index contributed by atoms with van der Waals surface area (Å²) >= 11 is 0. The van der Waals surface area contributed by atoms with Crippen molar-refractivity contribution < 1.29 is 88.7 Å². The van der Waals surface area contributed by atoms with Gasteiger partial charge in [-0.2, -0.15) is 0 Å². The van der Waals surface area contributed by atoms with Crippen LogP contribution >= 0.6 is 0 Å². The molecule has 36 valence electrons. The minimum absolute atomic E-state index is 0. The number of carboxylic acid groups (broad SMARTS) is 2. The van der Waals surface area contributed by atoms with Gasteiger partial charge in [-0.15, -0.1) is 0 Å². The minimum atomic E-state index is -0.500. The second-order valence-electron chi connectivity index (χ2n) is 0.202. The summed E-state index contributed by atoms with van der Waals surface area (Å²) in [5, 5.41) is 15.1. The van der Waals surface area contributed by atoms with Crippen LogP contribution in [-0.4, -0.2) is 18.1 Å². The van der Waals surface area contributed by atoms with E-state index in [1.54, 1.807) is 0 Å². The second kappa shape index (κ2) is 28.0. The minimum Gasteiger partial charge on any atom is -0.554 e. The molecule has 0 aromatic rings. The molecule has 0 spiro atoms. The molecule has 0 aromatic heterocycles. The molecule has 0 fully saturated rings. The third-order valence-corrected chi connectivity index (χ3v) is 0. The molecule has 7 heavy (non-hydrogen) atoms. The van der Waals surface area contributed by atoms with Gasteiger partial charge in [-0.05, 0) is 0 Å². The molecule has 0 aliphatic rings. The normalized spacial score (nSPS) is 3.43. The molecular formula is C2H3CsO4. The number of rotatable bonds is 0. The zero-order valence-electron chi connectivity index (χ0n) is 3.83. The van der Waals surface area contributed by atoms with E-state index >= 15 is 0 Å². The van der Waals surface area contributed by atoms with Crippen molar-refractivity contribution in [1.29, 1.82) is 0 Å². The Morgan fingerprint density at radius 3 is 1.43 bits per heavy atom. The molecular weight excluding hydrogens is 221 g/mol. The van der Waals surface area contributed by atoms with Crippen molar-refractivity contribution in [2.75, 3.05) is 0 Å². The molecule has 0 aliphatic heterocycles. The molecule has 0 amide bonds. The van der Waals surface area contributed by atoms with Crippen LogP contribution in [0.5, 0.6) is 0 Å². The summed E-state index contributed by atoms with van der Waals surface area (Å²) in [6, 6.07) is 0. The van der Waals surface area contributed by atoms with Gasteiger partial charge in [-0.25, -0.2) is 0 Å². The first-order valence-electron chi connectivity index (χ1n) is 0.965. The van der Waals surface area contributed by atoms with Crippen LogP contribution in [0.2, 0.25) is 0 Å². The van der Waals surface area contributed by atoms with E-state index in [-0.39, 0.29) is 75.4 Å². The number of carbonyl (C=O) groups excluding carboxylic acids is 1. The van der Waals surface area contributed by atoms with Crippen LogP contribution in [0.3, 0.4) is 0 Å². The van der Waals surface area contributed by atoms with Gasteiger partial charge >= 0.3 is 68.9 Å². The van der Waals surface area contributed by atoms with E-state index in [9.17, 15) is 0 Å². The van der Waals surface area contributed by atoms with Crippen LogP contribution in [-0.2, 0) is 9.59 Å². The maximum absolute atomic E-state index is 8.36. The van der Waals surface area contributed by atoms with E-state index in [1.807, 2.05) is 0 Å². The molecule has 5 heteroatoms. The Morgan fingerprint density at radius 2 is 1.43 bits per heavy atom. The molecule has 0 heterocycles. The number of carbonyl (C=O) groups is 2. The predicted molar refractivity (Wildman–Crippen MR) is 14.8 cm³/mol. The summed E-state index contributed by atoms with van der Waals surface area (Å²) in [5.41, 5.74) is 0. The van der Waals surface area contributed by atoms with Crippen molar-refractivity contribution in [1.82, 2.24) is 0 Å². The van der Waals surface area contributed by atoms with Crippen molar-refractivity contribution in [2.24, 2.45) is 0 Å². The first kappa shape index (κ1) is 15.7. The van der Waals surface area contributed by atoms with Gasteiger partial charge in [0.05, 0.1) is 0 Å². The van der Waals surface area contributed by atoms with Gasteiger partial charge in [-0.3, -0.25) is 4.79 Å². The molecule has 0 aromatic carbocycles.